The number of rotatable bonds is 11. The molecule has 3 atom stereocenters. The van der Waals surface area contributed by atoms with E-state index >= 15 is 0 Å². The van der Waals surface area contributed by atoms with E-state index in [1.54, 1.807) is 13.2 Å². The van der Waals surface area contributed by atoms with Crippen LogP contribution in [0.2, 0.25) is 0 Å². The third kappa shape index (κ3) is 7.77. The monoisotopic (exact) mass is 368 g/mol. The third-order valence-corrected chi connectivity index (χ3v) is 4.14. The first-order chi connectivity index (χ1) is 12.4. The summed E-state index contributed by atoms with van der Waals surface area (Å²) >= 11 is 0. The molecule has 0 aromatic rings. The molecule has 1 aliphatic heterocycles. The topological polar surface area (TPSA) is 57.2 Å². The van der Waals surface area contributed by atoms with Gasteiger partial charge in [0.1, 0.15) is 19.0 Å². The highest BCUT2D eigenvalue weighted by Gasteiger charge is 2.50. The minimum absolute atomic E-state index is 0.167. The second-order valence-corrected chi connectivity index (χ2v) is 7.15. The smallest absolute Gasteiger partial charge is 0.173 e. The van der Waals surface area contributed by atoms with Crippen LogP contribution in [0.15, 0.2) is 12.2 Å². The average Bonchev–Trinajstić information content (AvgIpc) is 2.91. The van der Waals surface area contributed by atoms with Crippen molar-refractivity contribution in [3.05, 3.63) is 12.2 Å². The van der Waals surface area contributed by atoms with E-state index in [1.165, 1.54) is 0 Å². The zero-order chi connectivity index (χ0) is 19.5. The van der Waals surface area contributed by atoms with Crippen molar-refractivity contribution in [1.29, 1.82) is 0 Å². The summed E-state index contributed by atoms with van der Waals surface area (Å²) in [5.41, 5.74) is -1.41. The third-order valence-electron chi connectivity index (χ3n) is 4.14. The number of ether oxygens (including phenoxy) is 4. The van der Waals surface area contributed by atoms with Crippen molar-refractivity contribution in [2.45, 2.75) is 89.8 Å². The van der Waals surface area contributed by atoms with Gasteiger partial charge in [-0.1, -0.05) is 51.0 Å². The molecule has 1 N–H and O–H groups in total. The maximum atomic E-state index is 11.3. The second kappa shape index (κ2) is 11.7. The Hall–Kier alpha value is -0.900. The highest BCUT2D eigenvalue weighted by atomic mass is 16.8. The molecule has 0 aromatic carbocycles. The van der Waals surface area contributed by atoms with Gasteiger partial charge in [-0.05, 0) is 32.8 Å². The van der Waals surface area contributed by atoms with Crippen LogP contribution in [0.5, 0.6) is 0 Å². The minimum atomic E-state index is -1.41. The van der Waals surface area contributed by atoms with Crippen LogP contribution in [-0.4, -0.2) is 49.2 Å². The van der Waals surface area contributed by atoms with E-state index in [0.29, 0.717) is 0 Å². The lowest BCUT2D eigenvalue weighted by atomic mass is 9.92. The number of unbranched alkanes of at least 4 members (excludes halogenated alkanes) is 4. The molecule has 1 heterocycles. The molecule has 1 saturated heterocycles. The van der Waals surface area contributed by atoms with E-state index in [9.17, 15) is 5.11 Å². The molecular weight excluding hydrogens is 332 g/mol. The molecule has 5 heteroatoms. The first-order valence-corrected chi connectivity index (χ1v) is 9.71. The Morgan fingerprint density at radius 3 is 2.58 bits per heavy atom. The van der Waals surface area contributed by atoms with Crippen LogP contribution in [0.25, 0.3) is 0 Å². The zero-order valence-electron chi connectivity index (χ0n) is 17.0. The number of methoxy groups -OCH3 is 1. The molecule has 0 unspecified atom stereocenters. The van der Waals surface area contributed by atoms with Gasteiger partial charge in [0.25, 0.3) is 0 Å². The summed E-state index contributed by atoms with van der Waals surface area (Å²) in [6.45, 7) is 8.37. The molecule has 0 radical (unpaired) electrons. The molecule has 0 bridgehead atoms. The van der Waals surface area contributed by atoms with Gasteiger partial charge < -0.3 is 24.1 Å². The maximum Gasteiger partial charge on any atom is 0.173 e. The van der Waals surface area contributed by atoms with E-state index in [2.05, 4.69) is 25.7 Å². The number of allylic oxidation sites excluding steroid dienone is 1. The van der Waals surface area contributed by atoms with Gasteiger partial charge in [-0.15, -0.1) is 0 Å². The fraction of sp³-hybridized carbons (Fsp3) is 0.810. The fourth-order valence-electron chi connectivity index (χ4n) is 2.84. The summed E-state index contributed by atoms with van der Waals surface area (Å²) in [7, 11) is 1.57. The first-order valence-electron chi connectivity index (χ1n) is 9.71. The Labute approximate surface area is 159 Å². The molecule has 150 valence electrons. The van der Waals surface area contributed by atoms with Gasteiger partial charge in [0, 0.05) is 13.5 Å². The van der Waals surface area contributed by atoms with E-state index in [1.807, 2.05) is 19.9 Å². The van der Waals surface area contributed by atoms with Crippen molar-refractivity contribution in [3.63, 3.8) is 0 Å². The molecule has 0 amide bonds. The molecular formula is C21H36O5. The van der Waals surface area contributed by atoms with E-state index in [0.717, 1.165) is 38.5 Å². The Morgan fingerprint density at radius 1 is 1.19 bits per heavy atom. The van der Waals surface area contributed by atoms with Crippen LogP contribution >= 0.6 is 0 Å². The predicted molar refractivity (Wildman–Crippen MR) is 103 cm³/mol. The normalized spacial score (nSPS) is 24.4. The maximum absolute atomic E-state index is 11.3. The van der Waals surface area contributed by atoms with Crippen LogP contribution in [0.4, 0.5) is 0 Å². The van der Waals surface area contributed by atoms with Gasteiger partial charge in [0.15, 0.2) is 11.4 Å². The van der Waals surface area contributed by atoms with Crippen LogP contribution < -0.4 is 0 Å². The van der Waals surface area contributed by atoms with Crippen molar-refractivity contribution in [3.8, 4) is 11.8 Å². The quantitative estimate of drug-likeness (QED) is 0.260. The Kier molecular flexibility index (Phi) is 10.4. The molecule has 1 aliphatic rings. The molecule has 0 aliphatic carbocycles. The highest BCUT2D eigenvalue weighted by Crippen LogP contribution is 2.35. The van der Waals surface area contributed by atoms with Crippen molar-refractivity contribution in [2.75, 3.05) is 20.5 Å². The van der Waals surface area contributed by atoms with E-state index in [4.69, 9.17) is 18.9 Å². The van der Waals surface area contributed by atoms with Crippen LogP contribution in [0.3, 0.4) is 0 Å². The Balaban J connectivity index is 2.98. The Bertz CT molecular complexity index is 477. The number of hydrogen-bond acceptors (Lipinski definition) is 5. The van der Waals surface area contributed by atoms with Gasteiger partial charge in [0.05, 0.1) is 6.61 Å². The van der Waals surface area contributed by atoms with E-state index in [-0.39, 0.29) is 13.4 Å². The predicted octanol–water partition coefficient (Wildman–Crippen LogP) is 3.80. The van der Waals surface area contributed by atoms with Gasteiger partial charge in [-0.2, -0.15) is 0 Å². The fourth-order valence-corrected chi connectivity index (χ4v) is 2.84. The Morgan fingerprint density at radius 2 is 1.92 bits per heavy atom. The first kappa shape index (κ1) is 23.1. The number of aliphatic hydroxyl groups is 1. The summed E-state index contributed by atoms with van der Waals surface area (Å²) in [6, 6.07) is 0. The van der Waals surface area contributed by atoms with Crippen molar-refractivity contribution >= 4 is 0 Å². The van der Waals surface area contributed by atoms with Gasteiger partial charge in [0.2, 0.25) is 0 Å². The highest BCUT2D eigenvalue weighted by molar-refractivity contribution is 5.27. The van der Waals surface area contributed by atoms with Crippen LogP contribution in [0.1, 0.15) is 66.2 Å². The largest absolute Gasteiger partial charge is 0.371 e. The van der Waals surface area contributed by atoms with Crippen LogP contribution in [-0.2, 0) is 18.9 Å². The summed E-state index contributed by atoms with van der Waals surface area (Å²) in [6.07, 6.45) is 8.61. The molecule has 5 nitrogen and oxygen atoms in total. The SMILES string of the molecule is CCCCC#C[C@@](O)(/C=C/CCCC)[C@@H]1OC(C)(C)O[C@H]1COCOC. The minimum Gasteiger partial charge on any atom is -0.371 e. The molecule has 0 saturated carbocycles. The van der Waals surface area contributed by atoms with E-state index < -0.39 is 23.6 Å². The number of hydrogen-bond donors (Lipinski definition) is 1. The van der Waals surface area contributed by atoms with Crippen molar-refractivity contribution in [2.24, 2.45) is 0 Å². The van der Waals surface area contributed by atoms with Gasteiger partial charge in [-0.3, -0.25) is 0 Å². The zero-order valence-corrected chi connectivity index (χ0v) is 17.0. The molecule has 0 aromatic heterocycles. The molecule has 26 heavy (non-hydrogen) atoms. The van der Waals surface area contributed by atoms with Crippen molar-refractivity contribution in [1.82, 2.24) is 0 Å². The summed E-state index contributed by atoms with van der Waals surface area (Å²) in [5.74, 6) is 5.34. The summed E-state index contributed by atoms with van der Waals surface area (Å²) in [5, 5.41) is 11.3. The standard InChI is InChI=1S/C21H36O5/c1-6-8-10-12-14-21(22,15-13-11-9-7-2)19-18(16-24-17-23-5)25-20(3,4)26-19/h12,14,18-19,22H,6-11,16-17H2,1-5H3/b14-12+/t18-,19+,21-/m0/s1. The lowest BCUT2D eigenvalue weighted by molar-refractivity contribution is -0.161. The molecule has 1 rings (SSSR count). The summed E-state index contributed by atoms with van der Waals surface area (Å²) in [4.78, 5) is 0. The van der Waals surface area contributed by atoms with Gasteiger partial charge >= 0.3 is 0 Å². The van der Waals surface area contributed by atoms with Crippen molar-refractivity contribution < 1.29 is 24.1 Å². The lowest BCUT2D eigenvalue weighted by Gasteiger charge is -2.28. The lowest BCUT2D eigenvalue weighted by Crippen LogP contribution is -2.47. The molecule has 0 spiro atoms. The second-order valence-electron chi connectivity index (χ2n) is 7.15. The summed E-state index contributed by atoms with van der Waals surface area (Å²) < 4.78 is 22.4. The molecule has 1 fully saturated rings. The van der Waals surface area contributed by atoms with Gasteiger partial charge in [-0.25, -0.2) is 0 Å². The average molecular weight is 369 g/mol. The van der Waals surface area contributed by atoms with Crippen LogP contribution in [0, 0.1) is 11.8 Å².